The van der Waals surface area contributed by atoms with Crippen molar-refractivity contribution in [2.24, 2.45) is 16.3 Å². The van der Waals surface area contributed by atoms with Crippen LogP contribution in [0.1, 0.15) is 24.2 Å². The number of hydrogen-bond donors (Lipinski definition) is 3. The Hall–Kier alpha value is -2.04. The fraction of sp³-hybridized carbons (Fsp3) is 0.333. The van der Waals surface area contributed by atoms with Crippen LogP contribution in [0.4, 0.5) is 0 Å². The first-order valence-electron chi connectivity index (χ1n) is 5.28. The van der Waals surface area contributed by atoms with Crippen molar-refractivity contribution in [1.29, 1.82) is 0 Å². The third-order valence-corrected chi connectivity index (χ3v) is 2.53. The Bertz CT molecular complexity index is 413. The number of carbonyl (C=O) groups excluding carboxylic acids is 1. The largest absolute Gasteiger partial charge is 0.409 e. The zero-order chi connectivity index (χ0) is 12.9. The van der Waals surface area contributed by atoms with E-state index in [2.05, 4.69) is 10.5 Å². The smallest absolute Gasteiger partial charge is 0.251 e. The molecule has 0 saturated carbocycles. The summed E-state index contributed by atoms with van der Waals surface area (Å²) in [5, 5.41) is 14.3. The highest BCUT2D eigenvalue weighted by Gasteiger charge is 2.24. The second-order valence-corrected chi connectivity index (χ2v) is 4.42. The number of amidine groups is 1. The third kappa shape index (κ3) is 3.48. The molecule has 0 heterocycles. The van der Waals surface area contributed by atoms with Gasteiger partial charge in [-0.2, -0.15) is 0 Å². The average Bonchev–Trinajstić information content (AvgIpc) is 2.36. The highest BCUT2D eigenvalue weighted by molar-refractivity contribution is 5.94. The highest BCUT2D eigenvalue weighted by atomic mass is 16.4. The first-order valence-corrected chi connectivity index (χ1v) is 5.28. The number of benzene rings is 1. The summed E-state index contributed by atoms with van der Waals surface area (Å²) in [4.78, 5) is 11.7. The molecule has 1 aromatic carbocycles. The summed E-state index contributed by atoms with van der Waals surface area (Å²) in [7, 11) is 0. The molecule has 1 aromatic rings. The monoisotopic (exact) mass is 235 g/mol. The van der Waals surface area contributed by atoms with Crippen LogP contribution >= 0.6 is 0 Å². The van der Waals surface area contributed by atoms with Crippen LogP contribution in [-0.4, -0.2) is 23.5 Å². The van der Waals surface area contributed by atoms with Gasteiger partial charge in [-0.25, -0.2) is 0 Å². The van der Waals surface area contributed by atoms with Crippen molar-refractivity contribution in [1.82, 2.24) is 5.32 Å². The number of amides is 1. The van der Waals surface area contributed by atoms with E-state index in [4.69, 9.17) is 10.9 Å². The molecular formula is C12H17N3O2. The van der Waals surface area contributed by atoms with Gasteiger partial charge in [-0.05, 0) is 12.1 Å². The molecule has 0 saturated heterocycles. The van der Waals surface area contributed by atoms with E-state index in [0.717, 1.165) is 0 Å². The van der Waals surface area contributed by atoms with Gasteiger partial charge in [0.15, 0.2) is 0 Å². The number of nitrogens with one attached hydrogen (secondary N) is 1. The van der Waals surface area contributed by atoms with E-state index in [0.29, 0.717) is 12.1 Å². The van der Waals surface area contributed by atoms with E-state index >= 15 is 0 Å². The van der Waals surface area contributed by atoms with E-state index in [-0.39, 0.29) is 11.7 Å². The summed E-state index contributed by atoms with van der Waals surface area (Å²) < 4.78 is 0. The molecule has 5 heteroatoms. The van der Waals surface area contributed by atoms with E-state index in [1.807, 2.05) is 6.07 Å². The Balaban J connectivity index is 2.61. The van der Waals surface area contributed by atoms with Gasteiger partial charge in [0.25, 0.3) is 5.91 Å². The van der Waals surface area contributed by atoms with E-state index in [1.54, 1.807) is 38.1 Å². The minimum absolute atomic E-state index is 0.0888. The number of rotatable bonds is 4. The standard InChI is InChI=1S/C12H17N3O2/c1-12(2,11(13)15-17)8-14-10(16)9-6-4-3-5-7-9/h3-7,17H,8H2,1-2H3,(H2,13,15)(H,14,16). The Kier molecular flexibility index (Phi) is 4.09. The molecule has 0 aliphatic heterocycles. The minimum atomic E-state index is -0.584. The molecule has 5 nitrogen and oxygen atoms in total. The SMILES string of the molecule is CC(C)(CNC(=O)c1ccccc1)/C(N)=N/O. The molecule has 17 heavy (non-hydrogen) atoms. The predicted molar refractivity (Wildman–Crippen MR) is 66.0 cm³/mol. The van der Waals surface area contributed by atoms with Gasteiger partial charge in [0.2, 0.25) is 0 Å². The van der Waals surface area contributed by atoms with Gasteiger partial charge in [-0.15, -0.1) is 0 Å². The fourth-order valence-corrected chi connectivity index (χ4v) is 1.22. The maximum absolute atomic E-state index is 11.7. The Morgan fingerprint density at radius 2 is 2.00 bits per heavy atom. The molecule has 0 unspecified atom stereocenters. The molecule has 0 aliphatic rings. The maximum Gasteiger partial charge on any atom is 0.251 e. The molecule has 0 bridgehead atoms. The van der Waals surface area contributed by atoms with Crippen LogP contribution in [0.5, 0.6) is 0 Å². The predicted octanol–water partition coefficient (Wildman–Crippen LogP) is 1.19. The van der Waals surface area contributed by atoms with Gasteiger partial charge in [-0.3, -0.25) is 4.79 Å². The van der Waals surface area contributed by atoms with E-state index in [9.17, 15) is 4.79 Å². The van der Waals surface area contributed by atoms with Crippen LogP contribution in [-0.2, 0) is 0 Å². The quantitative estimate of drug-likeness (QED) is 0.317. The summed E-state index contributed by atoms with van der Waals surface area (Å²) in [5.41, 5.74) is 5.53. The van der Waals surface area contributed by atoms with Crippen LogP contribution < -0.4 is 11.1 Å². The first-order chi connectivity index (χ1) is 7.97. The maximum atomic E-state index is 11.7. The zero-order valence-electron chi connectivity index (χ0n) is 9.97. The lowest BCUT2D eigenvalue weighted by molar-refractivity contribution is 0.0944. The second kappa shape index (κ2) is 5.34. The lowest BCUT2D eigenvalue weighted by Gasteiger charge is -2.23. The molecule has 0 aliphatic carbocycles. The van der Waals surface area contributed by atoms with Crippen LogP contribution in [0.15, 0.2) is 35.5 Å². The number of hydrogen-bond acceptors (Lipinski definition) is 3. The first kappa shape index (κ1) is 13.0. The number of oxime groups is 1. The lowest BCUT2D eigenvalue weighted by atomic mass is 9.92. The number of nitrogens with two attached hydrogens (primary N) is 1. The van der Waals surface area contributed by atoms with Gasteiger partial charge in [-0.1, -0.05) is 37.2 Å². The molecular weight excluding hydrogens is 218 g/mol. The topological polar surface area (TPSA) is 87.7 Å². The van der Waals surface area contributed by atoms with Crippen molar-refractivity contribution < 1.29 is 10.0 Å². The van der Waals surface area contributed by atoms with E-state index < -0.39 is 5.41 Å². The lowest BCUT2D eigenvalue weighted by Crippen LogP contribution is -2.42. The summed E-state index contributed by atoms with van der Waals surface area (Å²) in [6.45, 7) is 3.87. The summed E-state index contributed by atoms with van der Waals surface area (Å²) in [5.74, 6) is -0.0877. The van der Waals surface area contributed by atoms with Crippen LogP contribution in [0.25, 0.3) is 0 Å². The molecule has 92 valence electrons. The molecule has 1 rings (SSSR count). The van der Waals surface area contributed by atoms with Crippen LogP contribution in [0.2, 0.25) is 0 Å². The second-order valence-electron chi connectivity index (χ2n) is 4.42. The van der Waals surface area contributed by atoms with Crippen LogP contribution in [0, 0.1) is 5.41 Å². The van der Waals surface area contributed by atoms with Gasteiger partial charge in [0.1, 0.15) is 5.84 Å². The molecule has 1 amide bonds. The normalized spacial score (nSPS) is 12.2. The summed E-state index contributed by atoms with van der Waals surface area (Å²) >= 11 is 0. The van der Waals surface area contributed by atoms with Crippen LogP contribution in [0.3, 0.4) is 0 Å². The Labute approximate surface area is 100 Å². The summed E-state index contributed by atoms with van der Waals surface area (Å²) in [6.07, 6.45) is 0. The molecule has 0 spiro atoms. The fourth-order valence-electron chi connectivity index (χ4n) is 1.22. The molecule has 0 atom stereocenters. The Morgan fingerprint density at radius 3 is 2.53 bits per heavy atom. The van der Waals surface area contributed by atoms with Crippen molar-refractivity contribution >= 4 is 11.7 Å². The van der Waals surface area contributed by atoms with Crippen molar-refractivity contribution in [2.75, 3.05) is 6.54 Å². The molecule has 0 radical (unpaired) electrons. The molecule has 0 fully saturated rings. The number of carbonyl (C=O) groups is 1. The minimum Gasteiger partial charge on any atom is -0.409 e. The van der Waals surface area contributed by atoms with E-state index in [1.165, 1.54) is 0 Å². The zero-order valence-corrected chi connectivity index (χ0v) is 9.97. The highest BCUT2D eigenvalue weighted by Crippen LogP contribution is 2.13. The van der Waals surface area contributed by atoms with Gasteiger partial charge in [0, 0.05) is 17.5 Å². The summed E-state index contributed by atoms with van der Waals surface area (Å²) in [6, 6.07) is 8.89. The van der Waals surface area contributed by atoms with Crippen molar-refractivity contribution in [2.45, 2.75) is 13.8 Å². The van der Waals surface area contributed by atoms with Gasteiger partial charge < -0.3 is 16.3 Å². The average molecular weight is 235 g/mol. The van der Waals surface area contributed by atoms with Gasteiger partial charge in [0.05, 0.1) is 0 Å². The van der Waals surface area contributed by atoms with Crippen molar-refractivity contribution in [3.8, 4) is 0 Å². The number of nitrogens with zero attached hydrogens (tertiary/aromatic N) is 1. The molecule has 4 N–H and O–H groups in total. The van der Waals surface area contributed by atoms with Crippen molar-refractivity contribution in [3.63, 3.8) is 0 Å². The molecule has 0 aromatic heterocycles. The van der Waals surface area contributed by atoms with Crippen molar-refractivity contribution in [3.05, 3.63) is 35.9 Å². The third-order valence-electron chi connectivity index (χ3n) is 2.53. The Morgan fingerprint density at radius 1 is 1.41 bits per heavy atom. The van der Waals surface area contributed by atoms with Gasteiger partial charge >= 0.3 is 0 Å².